The molecular weight excluding hydrogens is 1010 g/mol. The number of benzene rings is 2. The number of fused-ring (bicyclic) bond motifs is 2. The van der Waals surface area contributed by atoms with Gasteiger partial charge in [0.1, 0.15) is 11.2 Å². The first-order valence-electron chi connectivity index (χ1n) is 34.9. The van der Waals surface area contributed by atoms with Gasteiger partial charge in [0.2, 0.25) is 0 Å². The number of unbranched alkanes of at least 4 members (excludes halogenated alkanes) is 36. The van der Waals surface area contributed by atoms with Crippen molar-refractivity contribution in [1.82, 2.24) is 0 Å². The lowest BCUT2D eigenvalue weighted by molar-refractivity contribution is -0.113. The summed E-state index contributed by atoms with van der Waals surface area (Å²) in [7, 11) is 0. The fourth-order valence-corrected chi connectivity index (χ4v) is 12.6. The second-order valence-corrected chi connectivity index (χ2v) is 25.3. The third-order valence-corrected chi connectivity index (χ3v) is 17.7. The minimum absolute atomic E-state index is 0.132. The van der Waals surface area contributed by atoms with Crippen LogP contribution in [-0.4, -0.2) is 32.0 Å². The van der Waals surface area contributed by atoms with E-state index in [0.29, 0.717) is 46.3 Å². The molecule has 1 saturated carbocycles. The summed E-state index contributed by atoms with van der Waals surface area (Å²) < 4.78 is 12.2. The Morgan fingerprint density at radius 1 is 0.366 bits per heavy atom. The molecule has 2 aromatic carbocycles. The van der Waals surface area contributed by atoms with E-state index in [1.807, 2.05) is 12.1 Å². The molecular formula is C75H118N2O5. The monoisotopic (exact) mass is 1130 g/mol. The van der Waals surface area contributed by atoms with Gasteiger partial charge >= 0.3 is 11.3 Å². The smallest absolute Gasteiger partial charge is 0.343 e. The van der Waals surface area contributed by atoms with Gasteiger partial charge in [-0.25, -0.2) is 9.59 Å². The molecule has 458 valence electrons. The average Bonchev–Trinajstić information content (AvgIpc) is 3.42. The van der Waals surface area contributed by atoms with Crippen molar-refractivity contribution in [2.75, 3.05) is 36.0 Å². The number of rotatable bonds is 48. The lowest BCUT2D eigenvalue weighted by Crippen LogP contribution is -2.25. The average molecular weight is 1130 g/mol. The maximum Gasteiger partial charge on any atom is 0.343 e. The molecule has 0 saturated heterocycles. The Morgan fingerprint density at radius 2 is 0.622 bits per heavy atom. The Bertz CT molecular complexity index is 2310. The second-order valence-electron chi connectivity index (χ2n) is 25.3. The zero-order valence-corrected chi connectivity index (χ0v) is 53.3. The van der Waals surface area contributed by atoms with Crippen LogP contribution in [0.15, 0.2) is 78.1 Å². The van der Waals surface area contributed by atoms with Crippen LogP contribution in [0.4, 0.5) is 11.4 Å². The van der Waals surface area contributed by atoms with Crippen molar-refractivity contribution in [3.8, 4) is 0 Å². The quantitative estimate of drug-likeness (QED) is 0.0247. The Kier molecular flexibility index (Phi) is 35.4. The van der Waals surface area contributed by atoms with Crippen LogP contribution in [0.2, 0.25) is 0 Å². The van der Waals surface area contributed by atoms with Gasteiger partial charge in [0, 0.05) is 71.6 Å². The van der Waals surface area contributed by atoms with Crippen LogP contribution < -0.4 is 21.1 Å². The first-order valence-corrected chi connectivity index (χ1v) is 34.9. The standard InChI is InChI=1S/C75H118N2O5/c1-6-10-14-18-22-26-30-34-38-42-50-76(51-43-39-35-31-27-23-19-15-11-7-2)69-48-46-63-56-67(74(79)81-71(63)60-69)58-65-54-62(5)55-66(73(65)78)59-68-57-64-47-49-70(61-72(64)82-75(68)80)77(52-44-40-36-32-28-24-20-16-12-8-3)53-45-41-37-33-29-25-21-17-13-9-4/h46-49,56-62H,6-45,50-55H2,1-5H3/b65-58+,66-59+. The highest BCUT2D eigenvalue weighted by Gasteiger charge is 2.26. The van der Waals surface area contributed by atoms with E-state index in [1.165, 1.54) is 231 Å². The summed E-state index contributed by atoms with van der Waals surface area (Å²) in [6.45, 7) is 15.3. The van der Waals surface area contributed by atoms with Crippen molar-refractivity contribution in [2.24, 2.45) is 5.92 Å². The molecule has 0 aliphatic heterocycles. The zero-order valence-electron chi connectivity index (χ0n) is 53.3. The highest BCUT2D eigenvalue weighted by Crippen LogP contribution is 2.33. The number of nitrogens with zero attached hydrogens (tertiary/aromatic N) is 2. The number of hydrogen-bond acceptors (Lipinski definition) is 7. The van der Waals surface area contributed by atoms with Gasteiger partial charge < -0.3 is 18.6 Å². The zero-order chi connectivity index (χ0) is 58.2. The van der Waals surface area contributed by atoms with Crippen molar-refractivity contribution < 1.29 is 13.6 Å². The fraction of sp³-hybridized carbons (Fsp3) is 0.693. The molecule has 0 amide bonds. The van der Waals surface area contributed by atoms with Crippen LogP contribution in [0.1, 0.15) is 315 Å². The van der Waals surface area contributed by atoms with E-state index >= 15 is 0 Å². The Hall–Kier alpha value is -4.39. The highest BCUT2D eigenvalue weighted by atomic mass is 16.4. The Morgan fingerprint density at radius 3 is 0.890 bits per heavy atom. The molecule has 5 rings (SSSR count). The predicted molar refractivity (Wildman–Crippen MR) is 356 cm³/mol. The van der Waals surface area contributed by atoms with Crippen LogP contribution in [0, 0.1) is 5.92 Å². The van der Waals surface area contributed by atoms with E-state index in [0.717, 1.165) is 74.0 Å². The number of allylic oxidation sites excluding steroid dienone is 2. The van der Waals surface area contributed by atoms with Crippen LogP contribution >= 0.6 is 0 Å². The van der Waals surface area contributed by atoms with Crippen LogP contribution in [0.3, 0.4) is 0 Å². The lowest BCUT2D eigenvalue weighted by atomic mass is 9.81. The van der Waals surface area contributed by atoms with Gasteiger partial charge in [-0.1, -0.05) is 266 Å². The molecule has 2 heterocycles. The Balaban J connectivity index is 1.24. The molecule has 1 aliphatic rings. The maximum absolute atomic E-state index is 14.3. The van der Waals surface area contributed by atoms with Gasteiger partial charge in [-0.2, -0.15) is 0 Å². The molecule has 0 unspecified atom stereocenters. The van der Waals surface area contributed by atoms with Gasteiger partial charge in [0.05, 0.1) is 11.1 Å². The molecule has 1 fully saturated rings. The summed E-state index contributed by atoms with van der Waals surface area (Å²) in [5, 5.41) is 1.69. The van der Waals surface area contributed by atoms with E-state index in [-0.39, 0.29) is 11.7 Å². The molecule has 0 radical (unpaired) electrons. The maximum atomic E-state index is 14.3. The molecule has 1 aliphatic carbocycles. The topological polar surface area (TPSA) is 84.0 Å². The van der Waals surface area contributed by atoms with Gasteiger partial charge in [-0.3, -0.25) is 4.79 Å². The SMILES string of the molecule is CCCCCCCCCCCCN(CCCCCCCCCCCC)c1ccc2cc(/C=C3\CC(C)C/C(=C\c4cc5ccc(N(CCCCCCCCCCCC)CCCCCCCCCCCC)cc5oc4=O)C3=O)c(=O)oc2c1. The number of hydrogen-bond donors (Lipinski definition) is 0. The van der Waals surface area contributed by atoms with E-state index < -0.39 is 11.3 Å². The first-order chi connectivity index (χ1) is 40.2. The van der Waals surface area contributed by atoms with E-state index in [2.05, 4.69) is 80.8 Å². The predicted octanol–water partition coefficient (Wildman–Crippen LogP) is 22.7. The third-order valence-electron chi connectivity index (χ3n) is 17.7. The minimum Gasteiger partial charge on any atom is -0.422 e. The second kappa shape index (κ2) is 42.4. The number of Topliss-reactive ketones (excluding diaryl/α,β-unsaturated/α-hetero) is 1. The van der Waals surface area contributed by atoms with Crippen molar-refractivity contribution in [2.45, 2.75) is 304 Å². The minimum atomic E-state index is -0.440. The molecule has 7 nitrogen and oxygen atoms in total. The van der Waals surface area contributed by atoms with E-state index in [9.17, 15) is 14.4 Å². The molecule has 82 heavy (non-hydrogen) atoms. The molecule has 0 N–H and O–H groups in total. The van der Waals surface area contributed by atoms with E-state index in [4.69, 9.17) is 8.83 Å². The molecule has 0 atom stereocenters. The summed E-state index contributed by atoms with van der Waals surface area (Å²) >= 11 is 0. The van der Waals surface area contributed by atoms with Gasteiger partial charge in [-0.15, -0.1) is 0 Å². The third kappa shape index (κ3) is 26.7. The lowest BCUT2D eigenvalue weighted by Gasteiger charge is -2.25. The van der Waals surface area contributed by atoms with Crippen LogP contribution in [0.5, 0.6) is 0 Å². The first kappa shape index (κ1) is 68.4. The van der Waals surface area contributed by atoms with Crippen molar-refractivity contribution in [1.29, 1.82) is 0 Å². The number of anilines is 2. The van der Waals surface area contributed by atoms with Gasteiger partial charge in [-0.05, 0) is 93.0 Å². The number of carbonyl (C=O) groups is 1. The normalized spacial score (nSPS) is 14.8. The summed E-state index contributed by atoms with van der Waals surface area (Å²) in [5.41, 5.74) is 4.38. The molecule has 7 heteroatoms. The summed E-state index contributed by atoms with van der Waals surface area (Å²) in [5.74, 6) is 0.0152. The number of carbonyl (C=O) groups excluding carboxylic acids is 1. The highest BCUT2D eigenvalue weighted by molar-refractivity contribution is 6.14. The van der Waals surface area contributed by atoms with Crippen molar-refractivity contribution >= 4 is 51.2 Å². The summed E-state index contributed by atoms with van der Waals surface area (Å²) in [6.07, 6.45) is 57.2. The Labute approximate surface area is 500 Å². The van der Waals surface area contributed by atoms with Crippen LogP contribution in [0.25, 0.3) is 34.1 Å². The molecule has 4 aromatic rings. The van der Waals surface area contributed by atoms with Gasteiger partial charge in [0.15, 0.2) is 5.78 Å². The fourth-order valence-electron chi connectivity index (χ4n) is 12.6. The largest absolute Gasteiger partial charge is 0.422 e. The number of ketones is 1. The van der Waals surface area contributed by atoms with Crippen molar-refractivity contribution in [3.05, 3.63) is 91.6 Å². The molecule has 0 spiro atoms. The van der Waals surface area contributed by atoms with Gasteiger partial charge in [0.25, 0.3) is 0 Å². The van der Waals surface area contributed by atoms with E-state index in [1.54, 1.807) is 12.2 Å². The summed E-state index contributed by atoms with van der Waals surface area (Å²) in [6, 6.07) is 16.4. The van der Waals surface area contributed by atoms with Crippen molar-refractivity contribution in [3.63, 3.8) is 0 Å². The molecule has 0 bridgehead atoms. The van der Waals surface area contributed by atoms with Crippen LogP contribution in [-0.2, 0) is 4.79 Å². The molecule has 2 aromatic heterocycles. The summed E-state index contributed by atoms with van der Waals surface area (Å²) in [4.78, 5) is 46.9.